The first-order valence-electron chi connectivity index (χ1n) is 5.98. The minimum Gasteiger partial charge on any atom is -0.330 e. The fraction of sp³-hybridized carbons (Fsp3) is 0.500. The van der Waals surface area contributed by atoms with Gasteiger partial charge in [0.05, 0.1) is 5.56 Å². The minimum absolute atomic E-state index is 0.0373. The number of pyridine rings is 1. The topological polar surface area (TPSA) is 65.2 Å². The molecule has 5 heteroatoms. The van der Waals surface area contributed by atoms with Gasteiger partial charge in [-0.2, -0.15) is 0 Å². The molecule has 2 saturated heterocycles. The summed E-state index contributed by atoms with van der Waals surface area (Å²) >= 11 is 0. The molecule has 2 atom stereocenters. The van der Waals surface area contributed by atoms with Gasteiger partial charge in [-0.05, 0) is 18.9 Å². The smallest absolute Gasteiger partial charge is 0.255 e. The summed E-state index contributed by atoms with van der Waals surface area (Å²) in [4.78, 5) is 27.8. The molecule has 2 N–H and O–H groups in total. The standard InChI is InChI=1S/C12H15N3O2/c16-11-4-1-8(5-14-11)12(17)15-9-2-3-10(15)7-13-6-9/h1,4-5,9-10,13H,2-3,6-7H2,(H,14,16). The Kier molecular flexibility index (Phi) is 2.48. The Morgan fingerprint density at radius 2 is 1.94 bits per heavy atom. The summed E-state index contributed by atoms with van der Waals surface area (Å²) in [7, 11) is 0. The number of aromatic nitrogens is 1. The van der Waals surface area contributed by atoms with Crippen LogP contribution < -0.4 is 10.9 Å². The van der Waals surface area contributed by atoms with Crippen molar-refractivity contribution < 1.29 is 4.79 Å². The van der Waals surface area contributed by atoms with Gasteiger partial charge in [-0.1, -0.05) is 0 Å². The van der Waals surface area contributed by atoms with Gasteiger partial charge in [-0.15, -0.1) is 0 Å². The number of hydrogen-bond acceptors (Lipinski definition) is 3. The van der Waals surface area contributed by atoms with Crippen LogP contribution in [0.1, 0.15) is 23.2 Å². The molecule has 0 spiro atoms. The Balaban J connectivity index is 1.87. The second kappa shape index (κ2) is 4.00. The number of nitrogens with one attached hydrogen (secondary N) is 2. The number of H-pyrrole nitrogens is 1. The number of amides is 1. The third kappa shape index (κ3) is 1.76. The van der Waals surface area contributed by atoms with Crippen molar-refractivity contribution >= 4 is 5.91 Å². The molecule has 17 heavy (non-hydrogen) atoms. The summed E-state index contributed by atoms with van der Waals surface area (Å²) < 4.78 is 0. The van der Waals surface area contributed by atoms with E-state index in [0.717, 1.165) is 25.9 Å². The van der Waals surface area contributed by atoms with Crippen LogP contribution >= 0.6 is 0 Å². The number of hydrogen-bond donors (Lipinski definition) is 2. The summed E-state index contributed by atoms with van der Waals surface area (Å²) in [5.41, 5.74) is 0.397. The Morgan fingerprint density at radius 3 is 2.53 bits per heavy atom. The molecule has 0 aromatic carbocycles. The lowest BCUT2D eigenvalue weighted by molar-refractivity contribution is 0.0619. The molecular weight excluding hydrogens is 218 g/mol. The van der Waals surface area contributed by atoms with Crippen LogP contribution in [0.25, 0.3) is 0 Å². The highest BCUT2D eigenvalue weighted by atomic mass is 16.2. The summed E-state index contributed by atoms with van der Waals surface area (Å²) in [5, 5.41) is 3.34. The molecule has 2 bridgehead atoms. The molecule has 2 aliphatic rings. The monoisotopic (exact) mass is 233 g/mol. The molecular formula is C12H15N3O2. The second-order valence-corrected chi connectivity index (χ2v) is 4.70. The molecule has 3 rings (SSSR count). The van der Waals surface area contributed by atoms with E-state index in [1.54, 1.807) is 6.07 Å². The van der Waals surface area contributed by atoms with E-state index in [2.05, 4.69) is 10.3 Å². The maximum atomic E-state index is 12.3. The second-order valence-electron chi connectivity index (χ2n) is 4.70. The lowest BCUT2D eigenvalue weighted by Gasteiger charge is -2.35. The number of aromatic amines is 1. The van der Waals surface area contributed by atoms with Gasteiger partial charge in [0.2, 0.25) is 5.56 Å². The van der Waals surface area contributed by atoms with E-state index in [9.17, 15) is 9.59 Å². The quantitative estimate of drug-likeness (QED) is 0.715. The van der Waals surface area contributed by atoms with E-state index in [1.165, 1.54) is 12.3 Å². The van der Waals surface area contributed by atoms with Gasteiger partial charge >= 0.3 is 0 Å². The van der Waals surface area contributed by atoms with Crippen LogP contribution in [0.4, 0.5) is 0 Å². The summed E-state index contributed by atoms with van der Waals surface area (Å²) in [5.74, 6) is 0.0373. The molecule has 1 amide bonds. The van der Waals surface area contributed by atoms with E-state index < -0.39 is 0 Å². The van der Waals surface area contributed by atoms with Crippen molar-refractivity contribution in [2.45, 2.75) is 24.9 Å². The van der Waals surface area contributed by atoms with Gasteiger partial charge in [0.25, 0.3) is 5.91 Å². The van der Waals surface area contributed by atoms with Gasteiger partial charge in [0.1, 0.15) is 0 Å². The largest absolute Gasteiger partial charge is 0.330 e. The van der Waals surface area contributed by atoms with Gasteiger partial charge in [0.15, 0.2) is 0 Å². The molecule has 0 saturated carbocycles. The van der Waals surface area contributed by atoms with Gasteiger partial charge in [-0.3, -0.25) is 9.59 Å². The first-order chi connectivity index (χ1) is 8.25. The van der Waals surface area contributed by atoms with Crippen molar-refractivity contribution in [3.8, 4) is 0 Å². The fourth-order valence-electron chi connectivity index (χ4n) is 2.80. The van der Waals surface area contributed by atoms with Gasteiger partial charge in [-0.25, -0.2) is 0 Å². The number of fused-ring (bicyclic) bond motifs is 2. The predicted octanol–water partition coefficient (Wildman–Crippen LogP) is -0.0487. The molecule has 0 aliphatic carbocycles. The Hall–Kier alpha value is -1.62. The predicted molar refractivity (Wildman–Crippen MR) is 62.9 cm³/mol. The number of piperazine rings is 1. The van der Waals surface area contributed by atoms with Crippen LogP contribution in [0.15, 0.2) is 23.1 Å². The SMILES string of the molecule is O=C(c1ccc(=O)[nH]c1)N1C2CCC1CNC2. The van der Waals surface area contributed by atoms with Crippen molar-refractivity contribution in [1.29, 1.82) is 0 Å². The van der Waals surface area contributed by atoms with Crippen molar-refractivity contribution in [2.75, 3.05) is 13.1 Å². The average molecular weight is 233 g/mol. The molecule has 0 radical (unpaired) electrons. The van der Waals surface area contributed by atoms with Crippen LogP contribution in [0, 0.1) is 0 Å². The van der Waals surface area contributed by atoms with Crippen molar-refractivity contribution in [3.63, 3.8) is 0 Å². The van der Waals surface area contributed by atoms with Crippen molar-refractivity contribution in [2.24, 2.45) is 0 Å². The molecule has 2 fully saturated rings. The van der Waals surface area contributed by atoms with Crippen LogP contribution in [0.2, 0.25) is 0 Å². The highest BCUT2D eigenvalue weighted by molar-refractivity contribution is 5.94. The third-order valence-electron chi connectivity index (χ3n) is 3.65. The minimum atomic E-state index is -0.176. The van der Waals surface area contributed by atoms with E-state index in [0.29, 0.717) is 17.6 Å². The maximum absolute atomic E-state index is 12.3. The zero-order valence-corrected chi connectivity index (χ0v) is 9.48. The first kappa shape index (κ1) is 10.5. The van der Waals surface area contributed by atoms with E-state index in [-0.39, 0.29) is 11.5 Å². The molecule has 2 unspecified atom stereocenters. The van der Waals surface area contributed by atoms with E-state index in [1.807, 2.05) is 4.90 Å². The lowest BCUT2D eigenvalue weighted by Crippen LogP contribution is -2.54. The molecule has 2 aliphatic heterocycles. The van der Waals surface area contributed by atoms with Crippen LogP contribution in [0.5, 0.6) is 0 Å². The number of rotatable bonds is 1. The van der Waals surface area contributed by atoms with E-state index in [4.69, 9.17) is 0 Å². The highest BCUT2D eigenvalue weighted by Crippen LogP contribution is 2.27. The number of carbonyl (C=O) groups is 1. The summed E-state index contributed by atoms with van der Waals surface area (Å²) in [6, 6.07) is 3.63. The van der Waals surface area contributed by atoms with Crippen molar-refractivity contribution in [1.82, 2.24) is 15.2 Å². The first-order valence-corrected chi connectivity index (χ1v) is 5.98. The molecule has 90 valence electrons. The zero-order chi connectivity index (χ0) is 11.8. The molecule has 1 aromatic heterocycles. The van der Waals surface area contributed by atoms with Crippen LogP contribution in [-0.2, 0) is 0 Å². The number of nitrogens with zero attached hydrogens (tertiary/aromatic N) is 1. The van der Waals surface area contributed by atoms with Gasteiger partial charge in [0, 0.05) is 37.4 Å². The van der Waals surface area contributed by atoms with Crippen molar-refractivity contribution in [3.05, 3.63) is 34.2 Å². The Bertz CT molecular complexity index is 460. The van der Waals surface area contributed by atoms with Gasteiger partial charge < -0.3 is 15.2 Å². The molecule has 1 aromatic rings. The molecule has 5 nitrogen and oxygen atoms in total. The third-order valence-corrected chi connectivity index (χ3v) is 3.65. The highest BCUT2D eigenvalue weighted by Gasteiger charge is 2.39. The summed E-state index contributed by atoms with van der Waals surface area (Å²) in [6.07, 6.45) is 3.66. The van der Waals surface area contributed by atoms with Crippen LogP contribution in [0.3, 0.4) is 0 Å². The number of carbonyl (C=O) groups excluding carboxylic acids is 1. The zero-order valence-electron chi connectivity index (χ0n) is 9.48. The molecule has 3 heterocycles. The summed E-state index contributed by atoms with van der Waals surface area (Å²) in [6.45, 7) is 1.76. The van der Waals surface area contributed by atoms with Crippen LogP contribution in [-0.4, -0.2) is 41.0 Å². The fourth-order valence-corrected chi connectivity index (χ4v) is 2.80. The average Bonchev–Trinajstić information content (AvgIpc) is 2.59. The van der Waals surface area contributed by atoms with E-state index >= 15 is 0 Å². The Morgan fingerprint density at radius 1 is 1.24 bits per heavy atom. The lowest BCUT2D eigenvalue weighted by atomic mass is 10.1. The Labute approximate surface area is 98.8 Å². The maximum Gasteiger partial charge on any atom is 0.255 e. The normalized spacial score (nSPS) is 27.2.